The Labute approximate surface area is 312 Å². The molecule has 0 aromatic carbocycles. The largest absolute Gasteiger partial charge is 0.462 e. The lowest BCUT2D eigenvalue weighted by molar-refractivity contribution is -0.260. The van der Waals surface area contributed by atoms with Gasteiger partial charge in [-0.3, -0.25) is 4.79 Å². The van der Waals surface area contributed by atoms with Gasteiger partial charge in [-0.15, -0.1) is 0 Å². The number of carbonyl (C=O) groups excluding carboxylic acids is 1. The van der Waals surface area contributed by atoms with Crippen molar-refractivity contribution in [2.24, 2.45) is 40.4 Å². The third kappa shape index (κ3) is 9.34. The summed E-state index contributed by atoms with van der Waals surface area (Å²) < 4.78 is 5.93. The van der Waals surface area contributed by atoms with Crippen molar-refractivity contribution in [2.45, 2.75) is 194 Å². The molecular formula is C46H76O5. The van der Waals surface area contributed by atoms with Crippen LogP contribution in [0.3, 0.4) is 0 Å². The molecule has 0 heterocycles. The van der Waals surface area contributed by atoms with E-state index in [0.29, 0.717) is 49.4 Å². The van der Waals surface area contributed by atoms with Crippen LogP contribution in [0.5, 0.6) is 0 Å². The van der Waals surface area contributed by atoms with Crippen LogP contribution in [0.2, 0.25) is 0 Å². The maximum atomic E-state index is 12.9. The Hall–Kier alpha value is -1.69. The molecule has 4 rings (SSSR count). The number of aliphatic hydroxyl groups is 3. The van der Waals surface area contributed by atoms with Gasteiger partial charge >= 0.3 is 5.97 Å². The molecule has 5 heteroatoms. The summed E-state index contributed by atoms with van der Waals surface area (Å²) in [7, 11) is 0. The Bertz CT molecular complexity index is 1230. The van der Waals surface area contributed by atoms with E-state index < -0.39 is 28.8 Å². The first-order valence-electron chi connectivity index (χ1n) is 21.3. The summed E-state index contributed by atoms with van der Waals surface area (Å²) in [5, 5.41) is 36.6. The quantitative estimate of drug-likeness (QED) is 0.0706. The molecule has 3 saturated carbocycles. The van der Waals surface area contributed by atoms with E-state index in [1.807, 2.05) is 13.0 Å². The molecule has 0 amide bonds. The predicted molar refractivity (Wildman–Crippen MR) is 211 cm³/mol. The van der Waals surface area contributed by atoms with Crippen molar-refractivity contribution in [1.82, 2.24) is 0 Å². The lowest BCUT2D eigenvalue weighted by Crippen LogP contribution is -2.72. The molecule has 0 spiro atoms. The van der Waals surface area contributed by atoms with Gasteiger partial charge in [0.1, 0.15) is 17.8 Å². The van der Waals surface area contributed by atoms with Crippen molar-refractivity contribution in [3.05, 3.63) is 48.1 Å². The van der Waals surface area contributed by atoms with Crippen molar-refractivity contribution in [3.8, 4) is 0 Å². The summed E-state index contributed by atoms with van der Waals surface area (Å²) in [5.74, 6) is 2.10. The standard InChI is InChI=1S/C46H76O5/c1-8-9-10-11-12-13-14-15-16-17-18-19-20-21-22-23-42(48)51-37-28-29-44(7)45(49)31-30-43(6)38(36(5)25-24-35(4)34(2)3)26-27-39(43)40(45)32-41(47)46(44,50)33-37/h12-13,15-16,24-25,32,34-39,41,47,49-50H,8-11,14,17-23,26-31,33H2,1-7H3/b13-12-,16-15-,25-24+/t35-,36+,37-,38+,39-,41-,43+,44+,45+,46-/m0/s1. The Balaban J connectivity index is 1.25. The molecule has 0 unspecified atom stereocenters. The fourth-order valence-corrected chi connectivity index (χ4v) is 10.5. The molecule has 0 saturated heterocycles. The van der Waals surface area contributed by atoms with E-state index in [2.05, 4.69) is 78.0 Å². The molecule has 4 aliphatic rings. The minimum absolute atomic E-state index is 0.0446. The molecule has 290 valence electrons. The molecule has 0 aliphatic heterocycles. The fourth-order valence-electron chi connectivity index (χ4n) is 10.5. The van der Waals surface area contributed by atoms with Gasteiger partial charge in [0.25, 0.3) is 0 Å². The monoisotopic (exact) mass is 709 g/mol. The van der Waals surface area contributed by atoms with Crippen LogP contribution < -0.4 is 0 Å². The molecule has 3 fully saturated rings. The SMILES string of the molecule is CCCCC/C=C\C/C=C\CCCCCCCC(=O)O[C@H]1CC[C@]2(C)[C@@]3(O)CC[C@]4(C)[C@@H]([C@H](C)/C=C/[C@H](C)C(C)C)CC[C@H]4C3=C[C@H](O)[C@@]2(O)C1. The second kappa shape index (κ2) is 18.6. The normalized spacial score (nSPS) is 36.3. The second-order valence-electron chi connectivity index (χ2n) is 18.1. The van der Waals surface area contributed by atoms with Gasteiger partial charge in [0.2, 0.25) is 0 Å². The molecule has 5 nitrogen and oxygen atoms in total. The molecule has 0 aromatic rings. The zero-order valence-corrected chi connectivity index (χ0v) is 33.7. The van der Waals surface area contributed by atoms with Crippen LogP contribution in [-0.4, -0.2) is 44.7 Å². The average molecular weight is 709 g/mol. The zero-order chi connectivity index (χ0) is 37.3. The number of aliphatic hydroxyl groups excluding tert-OH is 1. The van der Waals surface area contributed by atoms with Crippen LogP contribution in [0.15, 0.2) is 48.1 Å². The number of unbranched alkanes of at least 4 members (excludes halogenated alkanes) is 8. The van der Waals surface area contributed by atoms with Gasteiger partial charge in [-0.2, -0.15) is 0 Å². The average Bonchev–Trinajstić information content (AvgIpc) is 3.44. The van der Waals surface area contributed by atoms with Gasteiger partial charge in [0.15, 0.2) is 0 Å². The van der Waals surface area contributed by atoms with E-state index in [4.69, 9.17) is 4.74 Å². The summed E-state index contributed by atoms with van der Waals surface area (Å²) in [6.07, 6.45) is 32.0. The van der Waals surface area contributed by atoms with E-state index in [9.17, 15) is 20.1 Å². The number of allylic oxidation sites excluding steroid dienone is 6. The van der Waals surface area contributed by atoms with Gasteiger partial charge in [-0.25, -0.2) is 0 Å². The highest BCUT2D eigenvalue weighted by Crippen LogP contribution is 2.69. The summed E-state index contributed by atoms with van der Waals surface area (Å²) in [6, 6.07) is 0. The van der Waals surface area contributed by atoms with Crippen molar-refractivity contribution in [3.63, 3.8) is 0 Å². The van der Waals surface area contributed by atoms with E-state index in [0.717, 1.165) is 56.9 Å². The molecule has 0 aromatic heterocycles. The Morgan fingerprint density at radius 3 is 2.22 bits per heavy atom. The van der Waals surface area contributed by atoms with Gasteiger partial charge in [-0.1, -0.05) is 123 Å². The first-order valence-corrected chi connectivity index (χ1v) is 21.3. The van der Waals surface area contributed by atoms with Crippen LogP contribution >= 0.6 is 0 Å². The first-order chi connectivity index (χ1) is 24.2. The van der Waals surface area contributed by atoms with Crippen LogP contribution in [-0.2, 0) is 9.53 Å². The Morgan fingerprint density at radius 2 is 1.53 bits per heavy atom. The summed E-state index contributed by atoms with van der Waals surface area (Å²) >= 11 is 0. The number of fused-ring (bicyclic) bond motifs is 5. The van der Waals surface area contributed by atoms with E-state index in [1.54, 1.807) is 0 Å². The van der Waals surface area contributed by atoms with Crippen molar-refractivity contribution in [2.75, 3.05) is 0 Å². The number of hydrogen-bond acceptors (Lipinski definition) is 5. The summed E-state index contributed by atoms with van der Waals surface area (Å²) in [4.78, 5) is 12.9. The molecule has 0 bridgehead atoms. The van der Waals surface area contributed by atoms with Crippen LogP contribution in [0, 0.1) is 40.4 Å². The number of hydrogen-bond donors (Lipinski definition) is 3. The molecule has 10 atom stereocenters. The minimum atomic E-state index is -1.55. The van der Waals surface area contributed by atoms with E-state index in [1.165, 1.54) is 38.5 Å². The summed E-state index contributed by atoms with van der Waals surface area (Å²) in [6.45, 7) is 15.8. The van der Waals surface area contributed by atoms with Crippen LogP contribution in [0.1, 0.15) is 170 Å². The molecule has 0 radical (unpaired) electrons. The third-order valence-electron chi connectivity index (χ3n) is 14.5. The van der Waals surface area contributed by atoms with Crippen LogP contribution in [0.4, 0.5) is 0 Å². The van der Waals surface area contributed by atoms with Gasteiger partial charge in [-0.05, 0) is 118 Å². The first kappa shape index (κ1) is 42.1. The van der Waals surface area contributed by atoms with Crippen molar-refractivity contribution < 1.29 is 24.9 Å². The fraction of sp³-hybridized carbons (Fsp3) is 0.804. The van der Waals surface area contributed by atoms with E-state index in [-0.39, 0.29) is 23.7 Å². The number of ether oxygens (including phenoxy) is 1. The Kier molecular flexibility index (Phi) is 15.3. The maximum Gasteiger partial charge on any atom is 0.306 e. The number of rotatable bonds is 19. The second-order valence-corrected chi connectivity index (χ2v) is 18.1. The smallest absolute Gasteiger partial charge is 0.306 e. The highest BCUT2D eigenvalue weighted by Gasteiger charge is 2.71. The Morgan fingerprint density at radius 1 is 0.863 bits per heavy atom. The highest BCUT2D eigenvalue weighted by molar-refractivity contribution is 5.69. The molecule has 51 heavy (non-hydrogen) atoms. The highest BCUT2D eigenvalue weighted by atomic mass is 16.5. The van der Waals surface area contributed by atoms with Gasteiger partial charge < -0.3 is 20.1 Å². The lowest BCUT2D eigenvalue weighted by Gasteiger charge is -2.65. The van der Waals surface area contributed by atoms with Gasteiger partial charge in [0, 0.05) is 18.3 Å². The molecular weight excluding hydrogens is 633 g/mol. The van der Waals surface area contributed by atoms with Crippen molar-refractivity contribution in [1.29, 1.82) is 0 Å². The van der Waals surface area contributed by atoms with Crippen LogP contribution in [0.25, 0.3) is 0 Å². The number of carbonyl (C=O) groups is 1. The molecule has 4 aliphatic carbocycles. The van der Waals surface area contributed by atoms with Crippen molar-refractivity contribution >= 4 is 5.97 Å². The third-order valence-corrected chi connectivity index (χ3v) is 14.5. The molecule has 3 N–H and O–H groups in total. The topological polar surface area (TPSA) is 87.0 Å². The van der Waals surface area contributed by atoms with E-state index >= 15 is 0 Å². The maximum absolute atomic E-state index is 12.9. The minimum Gasteiger partial charge on any atom is -0.462 e. The lowest BCUT2D eigenvalue weighted by atomic mass is 9.43. The van der Waals surface area contributed by atoms with Gasteiger partial charge in [0.05, 0.1) is 5.60 Å². The summed E-state index contributed by atoms with van der Waals surface area (Å²) in [5.41, 5.74) is -2.64. The zero-order valence-electron chi connectivity index (χ0n) is 33.7. The predicted octanol–water partition coefficient (Wildman–Crippen LogP) is 11.0. The number of esters is 1.